The lowest BCUT2D eigenvalue weighted by Crippen LogP contribution is -2.37. The summed E-state index contributed by atoms with van der Waals surface area (Å²) in [4.78, 5) is 21.7. The van der Waals surface area contributed by atoms with Gasteiger partial charge < -0.3 is 4.90 Å². The SMILES string of the molecule is Cc1cn2cc(C(=O)N3CC4(C)CC3CC(C)(C)C4)nc2s1. The molecule has 22 heavy (non-hydrogen) atoms. The fourth-order valence-electron chi connectivity index (χ4n) is 4.86. The molecule has 2 aliphatic rings. The highest BCUT2D eigenvalue weighted by Gasteiger charge is 2.51. The molecule has 5 heteroatoms. The second kappa shape index (κ2) is 4.34. The third kappa shape index (κ3) is 2.18. The lowest BCUT2D eigenvalue weighted by Gasteiger charge is -2.39. The van der Waals surface area contributed by atoms with Crippen LogP contribution in [-0.2, 0) is 0 Å². The Morgan fingerprint density at radius 1 is 1.32 bits per heavy atom. The van der Waals surface area contributed by atoms with Crippen molar-refractivity contribution in [2.75, 3.05) is 6.54 Å². The van der Waals surface area contributed by atoms with E-state index in [9.17, 15) is 4.79 Å². The maximum absolute atomic E-state index is 13.0. The fourth-order valence-corrected chi connectivity index (χ4v) is 5.67. The minimum atomic E-state index is 0.111. The van der Waals surface area contributed by atoms with Crippen molar-refractivity contribution in [2.45, 2.75) is 53.0 Å². The third-order valence-corrected chi connectivity index (χ3v) is 6.08. The van der Waals surface area contributed by atoms with Gasteiger partial charge in [-0.15, -0.1) is 11.3 Å². The van der Waals surface area contributed by atoms with Crippen molar-refractivity contribution in [3.63, 3.8) is 0 Å². The average Bonchev–Trinajstić information content (AvgIpc) is 2.96. The normalized spacial score (nSPS) is 30.2. The minimum absolute atomic E-state index is 0.111. The summed E-state index contributed by atoms with van der Waals surface area (Å²) >= 11 is 1.63. The smallest absolute Gasteiger partial charge is 0.274 e. The number of hydrogen-bond donors (Lipinski definition) is 0. The summed E-state index contributed by atoms with van der Waals surface area (Å²) in [6, 6.07) is 0.378. The molecule has 2 bridgehead atoms. The van der Waals surface area contributed by atoms with E-state index in [2.05, 4.69) is 37.6 Å². The van der Waals surface area contributed by atoms with Crippen LogP contribution >= 0.6 is 11.3 Å². The molecule has 2 unspecified atom stereocenters. The zero-order valence-corrected chi connectivity index (χ0v) is 14.5. The molecule has 2 aromatic rings. The number of likely N-dealkylation sites (tertiary alicyclic amines) is 1. The molecule has 0 radical (unpaired) electrons. The van der Waals surface area contributed by atoms with Gasteiger partial charge in [-0.3, -0.25) is 9.20 Å². The van der Waals surface area contributed by atoms with Crippen molar-refractivity contribution in [1.82, 2.24) is 14.3 Å². The number of carbonyl (C=O) groups is 1. The summed E-state index contributed by atoms with van der Waals surface area (Å²) in [6.45, 7) is 9.95. The van der Waals surface area contributed by atoms with E-state index in [0.29, 0.717) is 17.2 Å². The van der Waals surface area contributed by atoms with Crippen molar-refractivity contribution in [1.29, 1.82) is 0 Å². The number of hydrogen-bond acceptors (Lipinski definition) is 3. The highest BCUT2D eigenvalue weighted by Crippen LogP contribution is 2.52. The molecular weight excluding hydrogens is 294 g/mol. The molecule has 2 atom stereocenters. The van der Waals surface area contributed by atoms with Gasteiger partial charge in [0.25, 0.3) is 5.91 Å². The van der Waals surface area contributed by atoms with Crippen LogP contribution in [0.5, 0.6) is 0 Å². The number of imidazole rings is 1. The Balaban J connectivity index is 1.64. The molecule has 1 aliphatic carbocycles. The van der Waals surface area contributed by atoms with E-state index in [1.807, 2.05) is 16.8 Å². The van der Waals surface area contributed by atoms with E-state index in [0.717, 1.165) is 24.3 Å². The van der Waals surface area contributed by atoms with Crippen LogP contribution < -0.4 is 0 Å². The monoisotopic (exact) mass is 317 g/mol. The van der Waals surface area contributed by atoms with Gasteiger partial charge in [0.05, 0.1) is 0 Å². The topological polar surface area (TPSA) is 37.6 Å². The molecule has 4 rings (SSSR count). The fraction of sp³-hybridized carbons (Fsp3) is 0.647. The lowest BCUT2D eigenvalue weighted by atomic mass is 9.65. The Kier molecular flexibility index (Phi) is 2.81. The number of nitrogens with zero attached hydrogens (tertiary/aromatic N) is 3. The molecule has 1 saturated heterocycles. The van der Waals surface area contributed by atoms with Crippen LogP contribution in [0.15, 0.2) is 12.4 Å². The maximum atomic E-state index is 13.0. The number of aryl methyl sites for hydroxylation is 1. The minimum Gasteiger partial charge on any atom is -0.334 e. The van der Waals surface area contributed by atoms with E-state index < -0.39 is 0 Å². The van der Waals surface area contributed by atoms with Gasteiger partial charge in [-0.1, -0.05) is 20.8 Å². The van der Waals surface area contributed by atoms with Gasteiger partial charge in [0, 0.05) is 29.9 Å². The number of amides is 1. The van der Waals surface area contributed by atoms with Crippen molar-refractivity contribution < 1.29 is 4.79 Å². The van der Waals surface area contributed by atoms with Gasteiger partial charge in [0.1, 0.15) is 5.69 Å². The molecule has 0 N–H and O–H groups in total. The molecule has 1 amide bonds. The zero-order valence-electron chi connectivity index (χ0n) is 13.7. The van der Waals surface area contributed by atoms with Crippen LogP contribution in [0.25, 0.3) is 4.96 Å². The maximum Gasteiger partial charge on any atom is 0.274 e. The first-order valence-electron chi connectivity index (χ1n) is 8.01. The number of carbonyl (C=O) groups excluding carboxylic acids is 1. The van der Waals surface area contributed by atoms with Gasteiger partial charge >= 0.3 is 0 Å². The van der Waals surface area contributed by atoms with Crippen molar-refractivity contribution in [3.8, 4) is 0 Å². The largest absolute Gasteiger partial charge is 0.334 e. The Morgan fingerprint density at radius 3 is 2.82 bits per heavy atom. The molecule has 3 heterocycles. The third-order valence-electron chi connectivity index (χ3n) is 5.17. The Bertz CT molecular complexity index is 728. The molecular formula is C17H23N3OS. The van der Waals surface area contributed by atoms with Gasteiger partial charge in [-0.05, 0) is 37.0 Å². The van der Waals surface area contributed by atoms with E-state index in [1.54, 1.807) is 11.3 Å². The molecule has 1 saturated carbocycles. The number of thiazole rings is 1. The van der Waals surface area contributed by atoms with Crippen LogP contribution in [0.3, 0.4) is 0 Å². The summed E-state index contributed by atoms with van der Waals surface area (Å²) in [5.41, 5.74) is 1.20. The number of aromatic nitrogens is 2. The van der Waals surface area contributed by atoms with Crippen LogP contribution in [0.4, 0.5) is 0 Å². The second-order valence-corrected chi connectivity index (χ2v) is 9.52. The van der Waals surface area contributed by atoms with E-state index in [-0.39, 0.29) is 11.3 Å². The molecule has 0 spiro atoms. The first-order valence-corrected chi connectivity index (χ1v) is 8.83. The van der Waals surface area contributed by atoms with E-state index in [1.165, 1.54) is 11.3 Å². The quantitative estimate of drug-likeness (QED) is 0.803. The highest BCUT2D eigenvalue weighted by molar-refractivity contribution is 7.17. The van der Waals surface area contributed by atoms with Crippen molar-refractivity contribution >= 4 is 22.2 Å². The molecule has 2 aromatic heterocycles. The number of fused-ring (bicyclic) bond motifs is 3. The standard InChI is InChI=1S/C17H23N3OS/c1-11-7-19-8-13(18-15(19)22-11)14(21)20-10-17(4)6-12(20)5-16(2,3)9-17/h7-8,12H,5-6,9-10H2,1-4H3. The average molecular weight is 317 g/mol. The Hall–Kier alpha value is -1.36. The zero-order chi connectivity index (χ0) is 15.7. The Labute approximate surface area is 135 Å². The van der Waals surface area contributed by atoms with Gasteiger partial charge in [0.15, 0.2) is 4.96 Å². The van der Waals surface area contributed by atoms with Gasteiger partial charge in [-0.2, -0.15) is 0 Å². The summed E-state index contributed by atoms with van der Waals surface area (Å²) in [7, 11) is 0. The molecule has 2 fully saturated rings. The van der Waals surface area contributed by atoms with Crippen LogP contribution in [0.1, 0.15) is 55.4 Å². The lowest BCUT2D eigenvalue weighted by molar-refractivity contribution is 0.0703. The Morgan fingerprint density at radius 2 is 2.09 bits per heavy atom. The summed E-state index contributed by atoms with van der Waals surface area (Å²) in [5.74, 6) is 0.111. The first-order chi connectivity index (χ1) is 10.2. The highest BCUT2D eigenvalue weighted by atomic mass is 32.1. The second-order valence-electron chi connectivity index (χ2n) is 8.30. The molecule has 1 aliphatic heterocycles. The molecule has 118 valence electrons. The van der Waals surface area contributed by atoms with Gasteiger partial charge in [-0.25, -0.2) is 4.98 Å². The summed E-state index contributed by atoms with van der Waals surface area (Å²) in [6.07, 6.45) is 7.38. The van der Waals surface area contributed by atoms with E-state index >= 15 is 0 Å². The summed E-state index contributed by atoms with van der Waals surface area (Å²) < 4.78 is 1.97. The predicted octanol–water partition coefficient (Wildman–Crippen LogP) is 3.75. The van der Waals surface area contributed by atoms with Crippen LogP contribution in [0, 0.1) is 17.8 Å². The van der Waals surface area contributed by atoms with E-state index in [4.69, 9.17) is 0 Å². The van der Waals surface area contributed by atoms with Gasteiger partial charge in [0.2, 0.25) is 0 Å². The summed E-state index contributed by atoms with van der Waals surface area (Å²) in [5, 5.41) is 0. The molecule has 0 aromatic carbocycles. The first kappa shape index (κ1) is 14.2. The van der Waals surface area contributed by atoms with Crippen LogP contribution in [-0.4, -0.2) is 32.8 Å². The van der Waals surface area contributed by atoms with Crippen molar-refractivity contribution in [3.05, 3.63) is 23.0 Å². The number of rotatable bonds is 1. The van der Waals surface area contributed by atoms with Crippen molar-refractivity contribution in [2.24, 2.45) is 10.8 Å². The predicted molar refractivity (Wildman–Crippen MR) is 88.4 cm³/mol. The van der Waals surface area contributed by atoms with Crippen LogP contribution in [0.2, 0.25) is 0 Å². The molecule has 4 nitrogen and oxygen atoms in total.